The summed E-state index contributed by atoms with van der Waals surface area (Å²) in [6, 6.07) is 14.1. The number of rotatable bonds is 6. The van der Waals surface area contributed by atoms with Crippen LogP contribution in [-0.4, -0.2) is 70.8 Å². The summed E-state index contributed by atoms with van der Waals surface area (Å²) >= 11 is 3.46. The Hall–Kier alpha value is -2.29. The van der Waals surface area contributed by atoms with Gasteiger partial charge in [-0.1, -0.05) is 22.0 Å². The molecule has 7 nitrogen and oxygen atoms in total. The summed E-state index contributed by atoms with van der Waals surface area (Å²) in [5, 5.41) is 8.54. The van der Waals surface area contributed by atoms with Crippen LogP contribution in [-0.2, 0) is 6.54 Å². The highest BCUT2D eigenvalue weighted by molar-refractivity contribution is 9.10. The minimum absolute atomic E-state index is 0.590. The lowest BCUT2D eigenvalue weighted by Crippen LogP contribution is -2.49. The second-order valence-corrected chi connectivity index (χ2v) is 9.64. The third-order valence-corrected chi connectivity index (χ3v) is 6.91. The molecule has 0 aliphatic carbocycles. The molecule has 168 valence electrons. The maximum atomic E-state index is 5.95. The Morgan fingerprint density at radius 3 is 2.56 bits per heavy atom. The molecule has 8 heteroatoms. The first-order valence-corrected chi connectivity index (χ1v) is 12.2. The summed E-state index contributed by atoms with van der Waals surface area (Å²) in [5.41, 5.74) is 0.952. The van der Waals surface area contributed by atoms with Gasteiger partial charge in [-0.25, -0.2) is 4.98 Å². The van der Waals surface area contributed by atoms with Gasteiger partial charge in [0.15, 0.2) is 0 Å². The molecule has 1 atom stereocenters. The highest BCUT2D eigenvalue weighted by Gasteiger charge is 2.25. The highest BCUT2D eigenvalue weighted by Crippen LogP contribution is 2.23. The molecule has 0 spiro atoms. The maximum absolute atomic E-state index is 5.95. The first-order valence-electron chi connectivity index (χ1n) is 11.4. The smallest absolute Gasteiger partial charge is 0.247 e. The number of nitrogens with zero attached hydrogens (tertiary/aromatic N) is 6. The number of halogens is 1. The summed E-state index contributed by atoms with van der Waals surface area (Å²) in [7, 11) is 0. The van der Waals surface area contributed by atoms with Gasteiger partial charge in [-0.15, -0.1) is 10.2 Å². The molecule has 3 aromatic rings. The Morgan fingerprint density at radius 2 is 1.78 bits per heavy atom. The average molecular weight is 497 g/mol. The van der Waals surface area contributed by atoms with Crippen LogP contribution >= 0.6 is 15.9 Å². The van der Waals surface area contributed by atoms with Gasteiger partial charge in [0.1, 0.15) is 5.82 Å². The highest BCUT2D eigenvalue weighted by atomic mass is 79.9. The predicted molar refractivity (Wildman–Crippen MR) is 128 cm³/mol. The number of aromatic nitrogens is 3. The third kappa shape index (κ3) is 5.36. The second-order valence-electron chi connectivity index (χ2n) is 8.73. The molecule has 2 saturated heterocycles. The molecular formula is C24H29BrN6O. The number of hydrogen-bond acceptors (Lipinski definition) is 7. The van der Waals surface area contributed by atoms with Crippen LogP contribution in [0.25, 0.3) is 11.5 Å². The fourth-order valence-corrected chi connectivity index (χ4v) is 4.99. The molecule has 0 bridgehead atoms. The van der Waals surface area contributed by atoms with Crippen LogP contribution in [0, 0.1) is 5.92 Å². The zero-order valence-corrected chi connectivity index (χ0v) is 19.8. The normalized spacial score (nSPS) is 20.5. The second kappa shape index (κ2) is 10.1. The lowest BCUT2D eigenvalue weighted by molar-refractivity contribution is 0.118. The van der Waals surface area contributed by atoms with Crippen LogP contribution < -0.4 is 4.90 Å². The van der Waals surface area contributed by atoms with Crippen LogP contribution in [0.15, 0.2) is 57.6 Å². The number of piperazine rings is 1. The number of piperidine rings is 1. The number of anilines is 1. The number of hydrogen-bond donors (Lipinski definition) is 0. The lowest BCUT2D eigenvalue weighted by Gasteiger charge is -2.39. The van der Waals surface area contributed by atoms with Crippen molar-refractivity contribution in [2.24, 2.45) is 5.92 Å². The topological polar surface area (TPSA) is 61.5 Å². The largest absolute Gasteiger partial charge is 0.419 e. The van der Waals surface area contributed by atoms with E-state index in [9.17, 15) is 0 Å². The summed E-state index contributed by atoms with van der Waals surface area (Å²) in [6.07, 6.45) is 4.40. The molecule has 1 unspecified atom stereocenters. The molecule has 2 fully saturated rings. The van der Waals surface area contributed by atoms with E-state index in [-0.39, 0.29) is 0 Å². The first-order chi connectivity index (χ1) is 15.7. The van der Waals surface area contributed by atoms with Gasteiger partial charge in [-0.3, -0.25) is 9.80 Å². The number of pyridine rings is 1. The van der Waals surface area contributed by atoms with Crippen molar-refractivity contribution in [1.29, 1.82) is 0 Å². The van der Waals surface area contributed by atoms with Crippen molar-refractivity contribution < 1.29 is 4.42 Å². The van der Waals surface area contributed by atoms with E-state index in [0.717, 1.165) is 61.7 Å². The average Bonchev–Trinajstić information content (AvgIpc) is 3.29. The zero-order chi connectivity index (χ0) is 21.8. The Kier molecular flexibility index (Phi) is 6.80. The SMILES string of the molecule is Brc1ccc(-c2nnc(CN3CCCC(CN4CCN(c5ccccn5)CC4)C3)o2)cc1. The molecule has 5 rings (SSSR count). The number of likely N-dealkylation sites (tertiary alicyclic amines) is 1. The van der Waals surface area contributed by atoms with Crippen LogP contribution in [0.1, 0.15) is 18.7 Å². The molecule has 4 heterocycles. The Morgan fingerprint density at radius 1 is 0.938 bits per heavy atom. The van der Waals surface area contributed by atoms with Crippen LogP contribution in [0.5, 0.6) is 0 Å². The summed E-state index contributed by atoms with van der Waals surface area (Å²) in [5.74, 6) is 3.08. The molecule has 2 aromatic heterocycles. The van der Waals surface area contributed by atoms with Gasteiger partial charge >= 0.3 is 0 Å². The molecule has 0 N–H and O–H groups in total. The van der Waals surface area contributed by atoms with E-state index in [1.807, 2.05) is 36.5 Å². The monoisotopic (exact) mass is 496 g/mol. The van der Waals surface area contributed by atoms with Gasteiger partial charge in [-0.05, 0) is 61.7 Å². The van der Waals surface area contributed by atoms with Crippen molar-refractivity contribution in [3.05, 3.63) is 59.0 Å². The van der Waals surface area contributed by atoms with Crippen molar-refractivity contribution in [2.75, 3.05) is 50.7 Å². The fraction of sp³-hybridized carbons (Fsp3) is 0.458. The summed E-state index contributed by atoms with van der Waals surface area (Å²) in [4.78, 5) is 12.0. The van der Waals surface area contributed by atoms with E-state index in [0.29, 0.717) is 17.7 Å². The molecule has 0 radical (unpaired) electrons. The standard InChI is InChI=1S/C24H29BrN6O/c25-21-8-6-20(7-9-21)24-28-27-23(32-24)18-30-11-3-4-19(17-30)16-29-12-14-31(15-13-29)22-5-1-2-10-26-22/h1-2,5-10,19H,3-4,11-18H2. The third-order valence-electron chi connectivity index (χ3n) is 6.38. The summed E-state index contributed by atoms with van der Waals surface area (Å²) < 4.78 is 6.99. The van der Waals surface area contributed by atoms with Gasteiger partial charge in [-0.2, -0.15) is 0 Å². The van der Waals surface area contributed by atoms with E-state index in [2.05, 4.69) is 57.9 Å². The predicted octanol–water partition coefficient (Wildman–Crippen LogP) is 3.93. The van der Waals surface area contributed by atoms with E-state index < -0.39 is 0 Å². The minimum atomic E-state index is 0.590. The van der Waals surface area contributed by atoms with Gasteiger partial charge in [0.25, 0.3) is 0 Å². The first kappa shape index (κ1) is 21.6. The van der Waals surface area contributed by atoms with Crippen molar-refractivity contribution >= 4 is 21.7 Å². The molecule has 0 amide bonds. The minimum Gasteiger partial charge on any atom is -0.419 e. The molecule has 1 aromatic carbocycles. The molecular weight excluding hydrogens is 468 g/mol. The van der Waals surface area contributed by atoms with E-state index in [4.69, 9.17) is 4.42 Å². The van der Waals surface area contributed by atoms with E-state index in [1.54, 1.807) is 0 Å². The van der Waals surface area contributed by atoms with E-state index in [1.165, 1.54) is 19.4 Å². The van der Waals surface area contributed by atoms with Crippen molar-refractivity contribution in [2.45, 2.75) is 19.4 Å². The van der Waals surface area contributed by atoms with Crippen LogP contribution in [0.4, 0.5) is 5.82 Å². The number of benzene rings is 1. The molecule has 0 saturated carbocycles. The summed E-state index contributed by atoms with van der Waals surface area (Å²) in [6.45, 7) is 8.40. The van der Waals surface area contributed by atoms with Gasteiger partial charge in [0.05, 0.1) is 6.54 Å². The fourth-order valence-electron chi connectivity index (χ4n) is 4.73. The van der Waals surface area contributed by atoms with Crippen molar-refractivity contribution in [1.82, 2.24) is 25.0 Å². The van der Waals surface area contributed by atoms with E-state index >= 15 is 0 Å². The molecule has 32 heavy (non-hydrogen) atoms. The zero-order valence-electron chi connectivity index (χ0n) is 18.2. The molecule has 2 aliphatic rings. The van der Waals surface area contributed by atoms with Crippen LogP contribution in [0.2, 0.25) is 0 Å². The van der Waals surface area contributed by atoms with Gasteiger partial charge in [0.2, 0.25) is 11.8 Å². The Balaban J connectivity index is 1.11. The van der Waals surface area contributed by atoms with Crippen molar-refractivity contribution in [3.8, 4) is 11.5 Å². The Labute approximate surface area is 197 Å². The van der Waals surface area contributed by atoms with Gasteiger partial charge in [0, 0.05) is 55.5 Å². The van der Waals surface area contributed by atoms with Crippen LogP contribution in [0.3, 0.4) is 0 Å². The Bertz CT molecular complexity index is 987. The maximum Gasteiger partial charge on any atom is 0.247 e. The molecule has 2 aliphatic heterocycles. The lowest BCUT2D eigenvalue weighted by atomic mass is 9.97. The quantitative estimate of drug-likeness (QED) is 0.512. The van der Waals surface area contributed by atoms with Crippen molar-refractivity contribution in [3.63, 3.8) is 0 Å². The van der Waals surface area contributed by atoms with Gasteiger partial charge < -0.3 is 9.32 Å².